The summed E-state index contributed by atoms with van der Waals surface area (Å²) in [6, 6.07) is 7.20. The Morgan fingerprint density at radius 1 is 0.816 bits per heavy atom. The molecule has 0 bridgehead atoms. The van der Waals surface area contributed by atoms with Crippen molar-refractivity contribution >= 4 is 87.6 Å². The van der Waals surface area contributed by atoms with Gasteiger partial charge in [0, 0.05) is 19.4 Å². The van der Waals surface area contributed by atoms with Crippen molar-refractivity contribution in [3.05, 3.63) is 76.0 Å². The molecule has 1 N–H and O–H groups in total. The molecule has 0 atom stereocenters. The number of fused-ring (bicyclic) bond motifs is 6. The maximum Gasteiger partial charge on any atom is 0.340 e. The Bertz CT molecular complexity index is 1550. The van der Waals surface area contributed by atoms with Crippen molar-refractivity contribution in [2.75, 3.05) is 0 Å². The third-order valence-electron chi connectivity index (χ3n) is 5.83. The van der Waals surface area contributed by atoms with Crippen LogP contribution >= 0.6 is 63.7 Å². The highest BCUT2D eigenvalue weighted by Gasteiger charge is 2.55. The molecule has 0 aromatic heterocycles. The number of rotatable bonds is 3. The van der Waals surface area contributed by atoms with Gasteiger partial charge in [-0.15, -0.1) is 0 Å². The molecular formula is C25H12Br4O9. The Hall–Kier alpha value is -2.74. The molecule has 2 aliphatic heterocycles. The fourth-order valence-electron chi connectivity index (χ4n) is 4.41. The van der Waals surface area contributed by atoms with E-state index in [9.17, 15) is 24.3 Å². The topological polar surface area (TPSA) is 125 Å². The van der Waals surface area contributed by atoms with Crippen molar-refractivity contribution in [3.8, 4) is 23.0 Å². The monoisotopic (exact) mass is 772 g/mol. The predicted octanol–water partition coefficient (Wildman–Crippen LogP) is 6.85. The lowest BCUT2D eigenvalue weighted by Gasteiger charge is -2.38. The maximum absolute atomic E-state index is 13.2. The normalized spacial score (nSPS) is 14.1. The van der Waals surface area contributed by atoms with Crippen molar-refractivity contribution in [2.45, 2.75) is 19.4 Å². The van der Waals surface area contributed by atoms with Crippen molar-refractivity contribution in [3.63, 3.8) is 0 Å². The Kier molecular flexibility index (Phi) is 6.69. The van der Waals surface area contributed by atoms with Gasteiger partial charge >= 0.3 is 23.9 Å². The van der Waals surface area contributed by atoms with Crippen LogP contribution in [0, 0.1) is 0 Å². The van der Waals surface area contributed by atoms with Gasteiger partial charge in [-0.05, 0) is 94.1 Å². The Balaban J connectivity index is 1.93. The molecule has 0 unspecified atom stereocenters. The minimum absolute atomic E-state index is 0.0691. The first-order valence-corrected chi connectivity index (χ1v) is 13.7. The van der Waals surface area contributed by atoms with Crippen LogP contribution in [0.3, 0.4) is 0 Å². The van der Waals surface area contributed by atoms with Crippen molar-refractivity contribution in [1.82, 2.24) is 0 Å². The highest BCUT2D eigenvalue weighted by Crippen LogP contribution is 2.62. The number of halogens is 4. The first-order valence-electron chi connectivity index (χ1n) is 10.6. The summed E-state index contributed by atoms with van der Waals surface area (Å²) in [4.78, 5) is 48.7. The van der Waals surface area contributed by atoms with Gasteiger partial charge < -0.3 is 24.1 Å². The molecule has 3 aromatic rings. The van der Waals surface area contributed by atoms with Gasteiger partial charge in [0.25, 0.3) is 0 Å². The predicted molar refractivity (Wildman–Crippen MR) is 145 cm³/mol. The van der Waals surface area contributed by atoms with E-state index < -0.39 is 29.5 Å². The van der Waals surface area contributed by atoms with Gasteiger partial charge in [0.1, 0.15) is 8.95 Å². The molecule has 0 radical (unpaired) electrons. The molecule has 3 aromatic carbocycles. The van der Waals surface area contributed by atoms with E-state index in [0.717, 1.165) is 0 Å². The zero-order valence-electron chi connectivity index (χ0n) is 19.1. The molecule has 38 heavy (non-hydrogen) atoms. The molecule has 0 amide bonds. The Morgan fingerprint density at radius 3 is 1.76 bits per heavy atom. The van der Waals surface area contributed by atoms with E-state index in [1.165, 1.54) is 32.0 Å². The molecule has 0 saturated heterocycles. The second-order valence-corrected chi connectivity index (χ2v) is 11.5. The smallest absolute Gasteiger partial charge is 0.340 e. The lowest BCUT2D eigenvalue weighted by Crippen LogP contribution is -2.34. The summed E-state index contributed by atoms with van der Waals surface area (Å²) in [6.07, 6.45) is 0. The summed E-state index contributed by atoms with van der Waals surface area (Å²) in [5.41, 5.74) is -0.727. The zero-order valence-corrected chi connectivity index (χ0v) is 25.5. The largest absolute Gasteiger partial charge is 0.478 e. The number of carboxylic acids is 1. The first kappa shape index (κ1) is 26.9. The standard InChI is InChI=1S/C25H12Br4O9/c1-8(30)35-21-15(26)6-13-19(17(21)28)37-20-14(7-16(27)22(18(20)29)36-9(2)31)25(13)12-5-10(23(32)33)3-4-11(12)24(34)38-25/h3-7H,1-2H3,(H,32,33). The second-order valence-electron chi connectivity index (χ2n) is 8.18. The summed E-state index contributed by atoms with van der Waals surface area (Å²) in [6.45, 7) is 2.47. The molecular weight excluding hydrogens is 764 g/mol. The van der Waals surface area contributed by atoms with Gasteiger partial charge in [0.05, 0.1) is 31.2 Å². The number of ether oxygens (including phenoxy) is 4. The van der Waals surface area contributed by atoms with E-state index in [-0.39, 0.29) is 48.6 Å². The number of benzene rings is 3. The molecule has 13 heteroatoms. The number of carbonyl (C=O) groups is 4. The molecule has 0 saturated carbocycles. The summed E-state index contributed by atoms with van der Waals surface area (Å²) in [7, 11) is 0. The zero-order chi connectivity index (χ0) is 27.7. The highest BCUT2D eigenvalue weighted by molar-refractivity contribution is 9.11. The van der Waals surface area contributed by atoms with Gasteiger partial charge in [-0.1, -0.05) is 0 Å². The minimum Gasteiger partial charge on any atom is -0.478 e. The summed E-state index contributed by atoms with van der Waals surface area (Å²) >= 11 is 13.7. The number of hydrogen-bond acceptors (Lipinski definition) is 8. The van der Waals surface area contributed by atoms with Crippen LogP contribution in [-0.4, -0.2) is 29.0 Å². The molecule has 2 heterocycles. The third-order valence-corrected chi connectivity index (χ3v) is 8.45. The first-order chi connectivity index (χ1) is 17.9. The molecule has 194 valence electrons. The van der Waals surface area contributed by atoms with Gasteiger partial charge in [-0.25, -0.2) is 9.59 Å². The lowest BCUT2D eigenvalue weighted by molar-refractivity contribution is -0.132. The summed E-state index contributed by atoms with van der Waals surface area (Å²) < 4.78 is 24.2. The van der Waals surface area contributed by atoms with Crippen LogP contribution in [0.1, 0.15) is 51.3 Å². The van der Waals surface area contributed by atoms with Crippen molar-refractivity contribution in [1.29, 1.82) is 0 Å². The number of hydrogen-bond donors (Lipinski definition) is 1. The van der Waals surface area contributed by atoms with Gasteiger partial charge in [0.2, 0.25) is 0 Å². The SMILES string of the molecule is CC(=O)Oc1c(Br)cc2c(c1Br)Oc1c(cc(Br)c(OC(C)=O)c1Br)C21OC(=O)c2ccc(C(=O)O)cc21. The second kappa shape index (κ2) is 9.47. The number of aromatic carboxylic acids is 1. The van der Waals surface area contributed by atoms with Crippen LogP contribution in [-0.2, 0) is 19.9 Å². The van der Waals surface area contributed by atoms with Crippen LogP contribution in [0.4, 0.5) is 0 Å². The molecule has 0 fully saturated rings. The molecule has 9 nitrogen and oxygen atoms in total. The van der Waals surface area contributed by atoms with E-state index >= 15 is 0 Å². The Labute approximate surface area is 247 Å². The number of esters is 3. The van der Waals surface area contributed by atoms with Crippen LogP contribution in [0.25, 0.3) is 0 Å². The van der Waals surface area contributed by atoms with Crippen LogP contribution in [0.5, 0.6) is 23.0 Å². The van der Waals surface area contributed by atoms with E-state index in [2.05, 4.69) is 63.7 Å². The minimum atomic E-state index is -1.69. The fraction of sp³-hybridized carbons (Fsp3) is 0.120. The van der Waals surface area contributed by atoms with Gasteiger partial charge in [0.15, 0.2) is 28.6 Å². The number of carboxylic acid groups (broad SMARTS) is 1. The molecule has 5 rings (SSSR count). The average Bonchev–Trinajstić information content (AvgIpc) is 3.13. The third kappa shape index (κ3) is 3.98. The lowest BCUT2D eigenvalue weighted by atomic mass is 9.77. The Morgan fingerprint density at radius 2 is 1.32 bits per heavy atom. The molecule has 1 spiro atoms. The average molecular weight is 776 g/mol. The van der Waals surface area contributed by atoms with Crippen molar-refractivity contribution in [2.24, 2.45) is 0 Å². The number of carbonyl (C=O) groups excluding carboxylic acids is 3. The van der Waals surface area contributed by atoms with Crippen molar-refractivity contribution < 1.29 is 43.2 Å². The molecule has 0 aliphatic carbocycles. The van der Waals surface area contributed by atoms with E-state index in [1.54, 1.807) is 12.1 Å². The fourth-order valence-corrected chi connectivity index (χ4v) is 7.13. The highest BCUT2D eigenvalue weighted by atomic mass is 79.9. The van der Waals surface area contributed by atoms with E-state index in [1.807, 2.05) is 0 Å². The quantitative estimate of drug-likeness (QED) is 0.225. The summed E-state index contributed by atoms with van der Waals surface area (Å²) in [5.74, 6) is -2.63. The van der Waals surface area contributed by atoms with Crippen LogP contribution in [0.15, 0.2) is 48.2 Å². The maximum atomic E-state index is 13.2. The van der Waals surface area contributed by atoms with Gasteiger partial charge in [-0.2, -0.15) is 0 Å². The molecule has 2 aliphatic rings. The van der Waals surface area contributed by atoms with Gasteiger partial charge in [-0.3, -0.25) is 9.59 Å². The van der Waals surface area contributed by atoms with Crippen LogP contribution < -0.4 is 14.2 Å². The van der Waals surface area contributed by atoms with Crippen LogP contribution in [0.2, 0.25) is 0 Å². The van der Waals surface area contributed by atoms with E-state index in [0.29, 0.717) is 20.1 Å². The van der Waals surface area contributed by atoms with E-state index in [4.69, 9.17) is 18.9 Å². The summed E-state index contributed by atoms with van der Waals surface area (Å²) in [5, 5.41) is 9.70.